The molecule has 0 spiro atoms. The van der Waals surface area contributed by atoms with Crippen molar-refractivity contribution >= 4 is 0 Å². The number of rotatable bonds is 4. The van der Waals surface area contributed by atoms with Gasteiger partial charge < -0.3 is 18.9 Å². The lowest BCUT2D eigenvalue weighted by atomic mass is 10.4. The van der Waals surface area contributed by atoms with Crippen molar-refractivity contribution in [3.8, 4) is 0 Å². The van der Waals surface area contributed by atoms with Crippen molar-refractivity contribution in [1.29, 1.82) is 0 Å². The first-order chi connectivity index (χ1) is 11.9. The monoisotopic (exact) mass is 346 g/mol. The molecule has 0 amide bonds. The van der Waals surface area contributed by atoms with E-state index >= 15 is 0 Å². The van der Waals surface area contributed by atoms with Gasteiger partial charge in [-0.2, -0.15) is 0 Å². The van der Waals surface area contributed by atoms with Gasteiger partial charge in [0.15, 0.2) is 0 Å². The molecular weight excluding hydrogens is 308 g/mol. The summed E-state index contributed by atoms with van der Waals surface area (Å²) < 4.78 is 22.8. The van der Waals surface area contributed by atoms with Gasteiger partial charge in [0.2, 0.25) is 0 Å². The van der Waals surface area contributed by atoms with Crippen LogP contribution >= 0.6 is 0 Å². The topological polar surface area (TPSA) is 43.4 Å². The van der Waals surface area contributed by atoms with Crippen molar-refractivity contribution in [3.05, 3.63) is 0 Å². The number of nitrogens with zero attached hydrogens (tertiary/aromatic N) is 2. The molecule has 1 heterocycles. The van der Waals surface area contributed by atoms with E-state index in [2.05, 4.69) is 23.6 Å². The van der Waals surface area contributed by atoms with Gasteiger partial charge in [0.25, 0.3) is 0 Å². The van der Waals surface area contributed by atoms with E-state index in [-0.39, 0.29) is 0 Å². The third kappa shape index (κ3) is 12.2. The van der Waals surface area contributed by atoms with Crippen LogP contribution in [0.3, 0.4) is 0 Å². The van der Waals surface area contributed by atoms with Gasteiger partial charge >= 0.3 is 0 Å². The minimum absolute atomic E-state index is 0.674. The van der Waals surface area contributed by atoms with Gasteiger partial charge in [0.1, 0.15) is 0 Å². The summed E-state index contributed by atoms with van der Waals surface area (Å²) in [4.78, 5) is 4.79. The standard InChI is InChI=1S/C18H38N2O4/c1-3-5-19-7-11-21-15-17-23-13-9-20(6-4-2)10-14-24-18-16-22-12-8-19/h3-18H2,1-2H3. The summed E-state index contributed by atoms with van der Waals surface area (Å²) in [6.45, 7) is 16.1. The Morgan fingerprint density at radius 3 is 1.04 bits per heavy atom. The normalized spacial score (nSPS) is 22.8. The molecule has 6 nitrogen and oxygen atoms in total. The molecule has 0 radical (unpaired) electrons. The highest BCUT2D eigenvalue weighted by Crippen LogP contribution is 1.95. The van der Waals surface area contributed by atoms with Crippen LogP contribution in [0.1, 0.15) is 26.7 Å². The highest BCUT2D eigenvalue weighted by molar-refractivity contribution is 4.58. The molecule has 0 unspecified atom stereocenters. The fourth-order valence-electron chi connectivity index (χ4n) is 2.72. The maximum Gasteiger partial charge on any atom is 0.0701 e. The third-order valence-electron chi connectivity index (χ3n) is 4.03. The van der Waals surface area contributed by atoms with Crippen LogP contribution in [0, 0.1) is 0 Å². The molecule has 1 fully saturated rings. The second-order valence-electron chi connectivity index (χ2n) is 6.13. The van der Waals surface area contributed by atoms with Gasteiger partial charge in [0.05, 0.1) is 52.9 Å². The molecule has 0 N–H and O–H groups in total. The summed E-state index contributed by atoms with van der Waals surface area (Å²) in [5, 5.41) is 0. The molecule has 0 aromatic heterocycles. The van der Waals surface area contributed by atoms with Gasteiger partial charge in [-0.1, -0.05) is 13.8 Å². The summed E-state index contributed by atoms with van der Waals surface area (Å²) in [5.74, 6) is 0. The Hall–Kier alpha value is -0.240. The molecule has 0 saturated carbocycles. The number of hydrogen-bond acceptors (Lipinski definition) is 6. The quantitative estimate of drug-likeness (QED) is 0.768. The lowest BCUT2D eigenvalue weighted by Crippen LogP contribution is -2.33. The molecule has 0 atom stereocenters. The lowest BCUT2D eigenvalue weighted by molar-refractivity contribution is 0.00814. The predicted octanol–water partition coefficient (Wildman–Crippen LogP) is 1.49. The van der Waals surface area contributed by atoms with Crippen LogP contribution in [0.25, 0.3) is 0 Å². The van der Waals surface area contributed by atoms with Crippen molar-refractivity contribution in [2.45, 2.75) is 26.7 Å². The van der Waals surface area contributed by atoms with E-state index in [0.29, 0.717) is 26.4 Å². The number of ether oxygens (including phenoxy) is 4. The first-order valence-corrected chi connectivity index (χ1v) is 9.62. The Morgan fingerprint density at radius 2 is 0.792 bits per heavy atom. The average molecular weight is 347 g/mol. The maximum absolute atomic E-state index is 5.69. The summed E-state index contributed by atoms with van der Waals surface area (Å²) in [6.07, 6.45) is 2.31. The SMILES string of the molecule is CCCN1CCOCCOCCN(CCC)CCOCCOCC1. The molecule has 1 saturated heterocycles. The van der Waals surface area contributed by atoms with Gasteiger partial charge in [-0.15, -0.1) is 0 Å². The zero-order chi connectivity index (χ0) is 17.3. The second kappa shape index (κ2) is 16.2. The Kier molecular flexibility index (Phi) is 14.8. The minimum atomic E-state index is 0.674. The largest absolute Gasteiger partial charge is 0.378 e. The molecule has 0 bridgehead atoms. The van der Waals surface area contributed by atoms with Gasteiger partial charge in [-0.25, -0.2) is 0 Å². The van der Waals surface area contributed by atoms with E-state index in [1.807, 2.05) is 0 Å². The molecular formula is C18H38N2O4. The van der Waals surface area contributed by atoms with Crippen LogP contribution in [-0.2, 0) is 18.9 Å². The van der Waals surface area contributed by atoms with E-state index in [4.69, 9.17) is 18.9 Å². The average Bonchev–Trinajstić information content (AvgIpc) is 2.58. The summed E-state index contributed by atoms with van der Waals surface area (Å²) >= 11 is 0. The molecule has 0 aromatic carbocycles. The molecule has 1 rings (SSSR count). The molecule has 1 aliphatic heterocycles. The third-order valence-corrected chi connectivity index (χ3v) is 4.03. The molecule has 1 aliphatic rings. The van der Waals surface area contributed by atoms with Crippen molar-refractivity contribution in [2.24, 2.45) is 0 Å². The van der Waals surface area contributed by atoms with Crippen molar-refractivity contribution < 1.29 is 18.9 Å². The van der Waals surface area contributed by atoms with Crippen molar-refractivity contribution in [2.75, 3.05) is 92.1 Å². The van der Waals surface area contributed by atoms with E-state index in [9.17, 15) is 0 Å². The minimum Gasteiger partial charge on any atom is -0.378 e. The van der Waals surface area contributed by atoms with Crippen LogP contribution in [0.5, 0.6) is 0 Å². The van der Waals surface area contributed by atoms with Crippen molar-refractivity contribution in [1.82, 2.24) is 9.80 Å². The number of hydrogen-bond donors (Lipinski definition) is 0. The summed E-state index contributed by atoms with van der Waals surface area (Å²) in [7, 11) is 0. The molecule has 0 aromatic rings. The highest BCUT2D eigenvalue weighted by Gasteiger charge is 2.06. The van der Waals surface area contributed by atoms with Crippen LogP contribution in [0.4, 0.5) is 0 Å². The summed E-state index contributed by atoms with van der Waals surface area (Å²) in [6, 6.07) is 0. The Morgan fingerprint density at radius 1 is 0.500 bits per heavy atom. The zero-order valence-corrected chi connectivity index (χ0v) is 15.8. The Bertz CT molecular complexity index is 223. The Labute approximate surface area is 148 Å². The summed E-state index contributed by atoms with van der Waals surface area (Å²) in [5.41, 5.74) is 0. The van der Waals surface area contributed by atoms with E-state index < -0.39 is 0 Å². The fraction of sp³-hybridized carbons (Fsp3) is 1.00. The van der Waals surface area contributed by atoms with Gasteiger partial charge in [-0.3, -0.25) is 9.80 Å². The maximum atomic E-state index is 5.69. The fourth-order valence-corrected chi connectivity index (χ4v) is 2.72. The molecule has 0 aliphatic carbocycles. The van der Waals surface area contributed by atoms with E-state index in [0.717, 1.165) is 78.5 Å². The highest BCUT2D eigenvalue weighted by atomic mass is 16.5. The zero-order valence-electron chi connectivity index (χ0n) is 15.8. The van der Waals surface area contributed by atoms with Crippen LogP contribution < -0.4 is 0 Å². The van der Waals surface area contributed by atoms with Gasteiger partial charge in [-0.05, 0) is 25.9 Å². The first-order valence-electron chi connectivity index (χ1n) is 9.62. The molecule has 144 valence electrons. The Balaban J connectivity index is 2.29. The second-order valence-corrected chi connectivity index (χ2v) is 6.13. The van der Waals surface area contributed by atoms with Crippen molar-refractivity contribution in [3.63, 3.8) is 0 Å². The van der Waals surface area contributed by atoms with E-state index in [1.165, 1.54) is 0 Å². The predicted molar refractivity (Wildman–Crippen MR) is 96.7 cm³/mol. The lowest BCUT2D eigenvalue weighted by Gasteiger charge is -2.23. The molecule has 6 heteroatoms. The van der Waals surface area contributed by atoms with Crippen LogP contribution in [0.15, 0.2) is 0 Å². The molecule has 24 heavy (non-hydrogen) atoms. The smallest absolute Gasteiger partial charge is 0.0701 e. The van der Waals surface area contributed by atoms with Gasteiger partial charge in [0, 0.05) is 26.2 Å². The first kappa shape index (κ1) is 21.8. The van der Waals surface area contributed by atoms with E-state index in [1.54, 1.807) is 0 Å². The van der Waals surface area contributed by atoms with Crippen LogP contribution in [0.2, 0.25) is 0 Å². The van der Waals surface area contributed by atoms with Crippen LogP contribution in [-0.4, -0.2) is 102 Å².